The third kappa shape index (κ3) is 6.73. The zero-order valence-corrected chi connectivity index (χ0v) is 20.3. The van der Waals surface area contributed by atoms with Crippen LogP contribution in [0.15, 0.2) is 34.9 Å². The lowest BCUT2D eigenvalue weighted by Crippen LogP contribution is -2.52. The number of hydrogen-bond acceptors (Lipinski definition) is 4. The number of halogens is 1. The van der Waals surface area contributed by atoms with Crippen molar-refractivity contribution in [1.82, 2.24) is 24.7 Å². The van der Waals surface area contributed by atoms with Gasteiger partial charge < -0.3 is 14.8 Å². The van der Waals surface area contributed by atoms with Gasteiger partial charge in [-0.05, 0) is 24.3 Å². The lowest BCUT2D eigenvalue weighted by molar-refractivity contribution is 0.173. The van der Waals surface area contributed by atoms with Gasteiger partial charge in [0, 0.05) is 63.1 Å². The Hall–Kier alpha value is -1.13. The van der Waals surface area contributed by atoms with E-state index in [1.165, 1.54) is 4.88 Å². The molecule has 0 atom stereocenters. The van der Waals surface area contributed by atoms with E-state index in [1.54, 1.807) is 0 Å². The molecule has 156 valence electrons. The van der Waals surface area contributed by atoms with Crippen LogP contribution in [0.3, 0.4) is 0 Å². The highest BCUT2D eigenvalue weighted by atomic mass is 127. The standard InChI is InChI=1S/C20H32N6S.HI/c1-4-21-20(23-14-19-22-7-8-26(19)15-17(2)3)25-11-9-24(10-12-25)16-18-6-5-13-27-18;/h5-8,13,17H,4,9-12,14-16H2,1-3H3,(H,21,23);1H. The number of nitrogens with zero attached hydrogens (tertiary/aromatic N) is 5. The molecule has 2 aromatic rings. The quantitative estimate of drug-likeness (QED) is 0.348. The summed E-state index contributed by atoms with van der Waals surface area (Å²) in [4.78, 5) is 15.7. The second-order valence-electron chi connectivity index (χ2n) is 7.40. The van der Waals surface area contributed by atoms with Crippen molar-refractivity contribution >= 4 is 41.3 Å². The van der Waals surface area contributed by atoms with E-state index in [1.807, 2.05) is 17.5 Å². The van der Waals surface area contributed by atoms with Crippen LogP contribution in [0.25, 0.3) is 0 Å². The molecule has 1 saturated heterocycles. The van der Waals surface area contributed by atoms with E-state index in [9.17, 15) is 0 Å². The van der Waals surface area contributed by atoms with Crippen LogP contribution < -0.4 is 5.32 Å². The predicted molar refractivity (Wildman–Crippen MR) is 128 cm³/mol. The number of guanidine groups is 1. The summed E-state index contributed by atoms with van der Waals surface area (Å²) >= 11 is 1.84. The number of rotatable bonds is 7. The van der Waals surface area contributed by atoms with Crippen molar-refractivity contribution in [2.75, 3.05) is 32.7 Å². The molecule has 0 amide bonds. The van der Waals surface area contributed by atoms with Gasteiger partial charge in [0.25, 0.3) is 0 Å². The Bertz CT molecular complexity index is 704. The van der Waals surface area contributed by atoms with Gasteiger partial charge in [0.15, 0.2) is 5.96 Å². The third-order valence-corrected chi connectivity index (χ3v) is 5.56. The van der Waals surface area contributed by atoms with Crippen molar-refractivity contribution in [2.45, 2.75) is 40.4 Å². The van der Waals surface area contributed by atoms with Gasteiger partial charge in [-0.1, -0.05) is 19.9 Å². The number of piperazine rings is 1. The number of thiophene rings is 1. The average molecular weight is 516 g/mol. The smallest absolute Gasteiger partial charge is 0.194 e. The van der Waals surface area contributed by atoms with Crippen LogP contribution in [0.5, 0.6) is 0 Å². The lowest BCUT2D eigenvalue weighted by atomic mass is 10.2. The van der Waals surface area contributed by atoms with Crippen LogP contribution in [0.2, 0.25) is 0 Å². The summed E-state index contributed by atoms with van der Waals surface area (Å²) in [7, 11) is 0. The van der Waals surface area contributed by atoms with Crippen molar-refractivity contribution in [3.05, 3.63) is 40.6 Å². The molecule has 0 unspecified atom stereocenters. The highest BCUT2D eigenvalue weighted by Crippen LogP contribution is 2.14. The van der Waals surface area contributed by atoms with Crippen LogP contribution >= 0.6 is 35.3 Å². The predicted octanol–water partition coefficient (Wildman–Crippen LogP) is 3.50. The van der Waals surface area contributed by atoms with Gasteiger partial charge in [-0.15, -0.1) is 35.3 Å². The maximum Gasteiger partial charge on any atom is 0.194 e. The van der Waals surface area contributed by atoms with Crippen molar-refractivity contribution < 1.29 is 0 Å². The number of hydrogen-bond donors (Lipinski definition) is 1. The molecule has 1 aliphatic heterocycles. The first-order valence-corrected chi connectivity index (χ1v) is 10.8. The Balaban J connectivity index is 0.00000280. The van der Waals surface area contributed by atoms with Gasteiger partial charge in [-0.25, -0.2) is 9.98 Å². The zero-order chi connectivity index (χ0) is 19.1. The van der Waals surface area contributed by atoms with E-state index in [4.69, 9.17) is 4.99 Å². The first-order valence-electron chi connectivity index (χ1n) is 9.93. The summed E-state index contributed by atoms with van der Waals surface area (Å²) in [5.41, 5.74) is 0. The maximum absolute atomic E-state index is 4.88. The Morgan fingerprint density at radius 3 is 2.71 bits per heavy atom. The van der Waals surface area contributed by atoms with E-state index in [-0.39, 0.29) is 24.0 Å². The highest BCUT2D eigenvalue weighted by Gasteiger charge is 2.20. The number of aromatic nitrogens is 2. The van der Waals surface area contributed by atoms with E-state index in [0.29, 0.717) is 12.5 Å². The average Bonchev–Trinajstić information content (AvgIpc) is 3.31. The molecule has 1 fully saturated rings. The van der Waals surface area contributed by atoms with Crippen LogP contribution in [0.4, 0.5) is 0 Å². The first kappa shape index (κ1) is 23.2. The minimum absolute atomic E-state index is 0. The molecule has 0 spiro atoms. The zero-order valence-electron chi connectivity index (χ0n) is 17.2. The fraction of sp³-hybridized carbons (Fsp3) is 0.600. The molecule has 0 aromatic carbocycles. The van der Waals surface area contributed by atoms with Crippen LogP contribution in [0, 0.1) is 5.92 Å². The van der Waals surface area contributed by atoms with Gasteiger partial charge >= 0.3 is 0 Å². The van der Waals surface area contributed by atoms with Crippen molar-refractivity contribution in [3.8, 4) is 0 Å². The third-order valence-electron chi connectivity index (χ3n) is 4.70. The molecule has 6 nitrogen and oxygen atoms in total. The molecule has 1 N–H and O–H groups in total. The summed E-state index contributed by atoms with van der Waals surface area (Å²) in [5.74, 6) is 2.65. The van der Waals surface area contributed by atoms with Crippen molar-refractivity contribution in [2.24, 2.45) is 10.9 Å². The van der Waals surface area contributed by atoms with E-state index in [0.717, 1.165) is 57.6 Å². The molecular formula is C20H33IN6S. The molecule has 0 radical (unpaired) electrons. The normalized spacial score (nSPS) is 15.7. The molecule has 0 saturated carbocycles. The van der Waals surface area contributed by atoms with Gasteiger partial charge in [-0.2, -0.15) is 0 Å². The molecule has 0 aliphatic carbocycles. The number of imidazole rings is 1. The monoisotopic (exact) mass is 516 g/mol. The largest absolute Gasteiger partial charge is 0.357 e. The molecule has 2 aromatic heterocycles. The Morgan fingerprint density at radius 2 is 2.07 bits per heavy atom. The molecule has 3 heterocycles. The summed E-state index contributed by atoms with van der Waals surface area (Å²) in [5, 5.41) is 5.62. The molecule has 1 aliphatic rings. The molecule has 28 heavy (non-hydrogen) atoms. The second kappa shape index (κ2) is 11.8. The molecule has 3 rings (SSSR count). The van der Waals surface area contributed by atoms with E-state index < -0.39 is 0 Å². The summed E-state index contributed by atoms with van der Waals surface area (Å²) in [6.07, 6.45) is 3.94. The van der Waals surface area contributed by atoms with Crippen LogP contribution in [0.1, 0.15) is 31.5 Å². The summed E-state index contributed by atoms with van der Waals surface area (Å²) < 4.78 is 2.22. The lowest BCUT2D eigenvalue weighted by Gasteiger charge is -2.36. The molecule has 0 bridgehead atoms. The van der Waals surface area contributed by atoms with Crippen LogP contribution in [-0.2, 0) is 19.6 Å². The van der Waals surface area contributed by atoms with Crippen molar-refractivity contribution in [1.29, 1.82) is 0 Å². The number of nitrogens with one attached hydrogen (secondary N) is 1. The first-order chi connectivity index (χ1) is 13.2. The maximum atomic E-state index is 4.88. The SMILES string of the molecule is CCNC(=NCc1nccn1CC(C)C)N1CCN(Cc2cccs2)CC1.I. The Kier molecular flexibility index (Phi) is 9.73. The van der Waals surface area contributed by atoms with E-state index >= 15 is 0 Å². The Labute approximate surface area is 190 Å². The summed E-state index contributed by atoms with van der Waals surface area (Å²) in [6, 6.07) is 4.36. The van der Waals surface area contributed by atoms with Crippen molar-refractivity contribution in [3.63, 3.8) is 0 Å². The minimum atomic E-state index is 0. The fourth-order valence-electron chi connectivity index (χ4n) is 3.36. The fourth-order valence-corrected chi connectivity index (χ4v) is 4.11. The molecule has 8 heteroatoms. The van der Waals surface area contributed by atoms with Gasteiger partial charge in [-0.3, -0.25) is 4.90 Å². The second-order valence-corrected chi connectivity index (χ2v) is 8.43. The minimum Gasteiger partial charge on any atom is -0.357 e. The highest BCUT2D eigenvalue weighted by molar-refractivity contribution is 14.0. The Morgan fingerprint density at radius 1 is 1.29 bits per heavy atom. The van der Waals surface area contributed by atoms with Gasteiger partial charge in [0.05, 0.1) is 0 Å². The van der Waals surface area contributed by atoms with Gasteiger partial charge in [0.1, 0.15) is 12.4 Å². The van der Waals surface area contributed by atoms with Gasteiger partial charge in [0.2, 0.25) is 0 Å². The summed E-state index contributed by atoms with van der Waals surface area (Å²) in [6.45, 7) is 14.3. The topological polar surface area (TPSA) is 48.7 Å². The van der Waals surface area contributed by atoms with E-state index in [2.05, 4.69) is 69.1 Å². The number of aliphatic imine (C=N–C) groups is 1. The van der Waals surface area contributed by atoms with Crippen LogP contribution in [-0.4, -0.2) is 58.0 Å². The molecular weight excluding hydrogens is 483 g/mol.